The second-order valence-electron chi connectivity index (χ2n) is 6.00. The Balaban J connectivity index is 0.00000280. The zero-order chi connectivity index (χ0) is 19.1. The second kappa shape index (κ2) is 10.6. The van der Waals surface area contributed by atoms with Crippen LogP contribution in [0.25, 0.3) is 11.5 Å². The minimum Gasteiger partial charge on any atom is -0.481 e. The Morgan fingerprint density at radius 2 is 1.86 bits per heavy atom. The predicted molar refractivity (Wildman–Crippen MR) is 120 cm³/mol. The molecule has 0 spiro atoms. The average Bonchev–Trinajstić information content (AvgIpc) is 3.18. The summed E-state index contributed by atoms with van der Waals surface area (Å²) in [5, 5.41) is 6.46. The van der Waals surface area contributed by atoms with Crippen molar-refractivity contribution in [3.8, 4) is 17.3 Å². The van der Waals surface area contributed by atoms with Gasteiger partial charge in [-0.15, -0.1) is 24.0 Å². The van der Waals surface area contributed by atoms with E-state index >= 15 is 0 Å². The number of ether oxygens (including phenoxy) is 1. The van der Waals surface area contributed by atoms with Crippen molar-refractivity contribution >= 4 is 29.9 Å². The number of nitrogens with zero attached hydrogens (tertiary/aromatic N) is 3. The van der Waals surface area contributed by atoms with Gasteiger partial charge in [-0.2, -0.15) is 0 Å². The van der Waals surface area contributed by atoms with Gasteiger partial charge in [-0.05, 0) is 24.6 Å². The number of aromatic nitrogens is 2. The molecule has 0 saturated heterocycles. The van der Waals surface area contributed by atoms with E-state index in [4.69, 9.17) is 9.15 Å². The maximum atomic E-state index is 5.58. The molecular weight excluding hydrogens is 469 g/mol. The van der Waals surface area contributed by atoms with Gasteiger partial charge in [0.15, 0.2) is 5.96 Å². The lowest BCUT2D eigenvalue weighted by molar-refractivity contribution is 0.397. The Bertz CT molecular complexity index is 892. The number of aryl methyl sites for hydroxylation is 1. The van der Waals surface area contributed by atoms with Crippen molar-refractivity contribution in [2.75, 3.05) is 14.2 Å². The van der Waals surface area contributed by atoms with Crippen molar-refractivity contribution in [1.82, 2.24) is 20.6 Å². The van der Waals surface area contributed by atoms with E-state index in [1.165, 1.54) is 5.56 Å². The van der Waals surface area contributed by atoms with Crippen LogP contribution >= 0.6 is 24.0 Å². The summed E-state index contributed by atoms with van der Waals surface area (Å²) in [5.74, 6) is 1.88. The molecule has 0 unspecified atom stereocenters. The smallest absolute Gasteiger partial charge is 0.226 e. The van der Waals surface area contributed by atoms with E-state index in [2.05, 4.69) is 32.5 Å². The molecule has 1 aromatic carbocycles. The number of halogens is 1. The number of pyridine rings is 1. The van der Waals surface area contributed by atoms with E-state index < -0.39 is 0 Å². The van der Waals surface area contributed by atoms with Gasteiger partial charge in [0.25, 0.3) is 0 Å². The average molecular weight is 493 g/mol. The number of guanidine groups is 1. The first-order valence-electron chi connectivity index (χ1n) is 8.63. The highest BCUT2D eigenvalue weighted by molar-refractivity contribution is 14.0. The fraction of sp³-hybridized carbons (Fsp3) is 0.250. The van der Waals surface area contributed by atoms with E-state index in [0.717, 1.165) is 16.8 Å². The summed E-state index contributed by atoms with van der Waals surface area (Å²) in [6.45, 7) is 3.16. The van der Waals surface area contributed by atoms with Gasteiger partial charge >= 0.3 is 0 Å². The molecule has 0 atom stereocenters. The van der Waals surface area contributed by atoms with Crippen LogP contribution in [-0.4, -0.2) is 30.1 Å². The minimum absolute atomic E-state index is 0. The van der Waals surface area contributed by atoms with Gasteiger partial charge in [-0.1, -0.05) is 23.8 Å². The van der Waals surface area contributed by atoms with Crippen LogP contribution in [0.3, 0.4) is 0 Å². The number of rotatable bonds is 6. The molecule has 2 heterocycles. The van der Waals surface area contributed by atoms with Crippen LogP contribution in [0.15, 0.2) is 58.3 Å². The lowest BCUT2D eigenvalue weighted by Crippen LogP contribution is -2.36. The van der Waals surface area contributed by atoms with Gasteiger partial charge in [0.2, 0.25) is 11.8 Å². The molecule has 0 amide bonds. The molecule has 0 aliphatic heterocycles. The first-order chi connectivity index (χ1) is 13.2. The topological polar surface area (TPSA) is 84.6 Å². The van der Waals surface area contributed by atoms with Crippen molar-refractivity contribution in [2.45, 2.75) is 20.0 Å². The summed E-state index contributed by atoms with van der Waals surface area (Å²) < 4.78 is 10.6. The zero-order valence-electron chi connectivity index (χ0n) is 16.1. The number of hydrogen-bond donors (Lipinski definition) is 2. The van der Waals surface area contributed by atoms with Crippen LogP contribution in [0.4, 0.5) is 0 Å². The van der Waals surface area contributed by atoms with Crippen LogP contribution in [0.2, 0.25) is 0 Å². The van der Waals surface area contributed by atoms with Crippen LogP contribution in [0, 0.1) is 6.92 Å². The van der Waals surface area contributed by atoms with Gasteiger partial charge in [-0.25, -0.2) is 9.97 Å². The molecule has 2 N–H and O–H groups in total. The third-order valence-corrected chi connectivity index (χ3v) is 3.98. The summed E-state index contributed by atoms with van der Waals surface area (Å²) >= 11 is 0. The van der Waals surface area contributed by atoms with Gasteiger partial charge in [0, 0.05) is 31.4 Å². The van der Waals surface area contributed by atoms with Gasteiger partial charge in [0.1, 0.15) is 6.26 Å². The van der Waals surface area contributed by atoms with Crippen molar-refractivity contribution in [1.29, 1.82) is 0 Å². The van der Waals surface area contributed by atoms with Crippen LogP contribution in [-0.2, 0) is 13.1 Å². The highest BCUT2D eigenvalue weighted by atomic mass is 127. The maximum absolute atomic E-state index is 5.58. The molecule has 7 nitrogen and oxygen atoms in total. The lowest BCUT2D eigenvalue weighted by Gasteiger charge is -2.10. The largest absolute Gasteiger partial charge is 0.481 e. The second-order valence-corrected chi connectivity index (χ2v) is 6.00. The normalized spacial score (nSPS) is 10.9. The Morgan fingerprint density at radius 3 is 2.50 bits per heavy atom. The van der Waals surface area contributed by atoms with Crippen molar-refractivity contribution in [3.63, 3.8) is 0 Å². The number of oxazole rings is 1. The molecule has 2 aromatic heterocycles. The van der Waals surface area contributed by atoms with Crippen molar-refractivity contribution in [3.05, 3.63) is 65.7 Å². The predicted octanol–water partition coefficient (Wildman–Crippen LogP) is 3.54. The van der Waals surface area contributed by atoms with Crippen molar-refractivity contribution < 1.29 is 9.15 Å². The Hall–Kier alpha value is -2.62. The lowest BCUT2D eigenvalue weighted by atomic mass is 10.1. The van der Waals surface area contributed by atoms with Crippen LogP contribution in [0.5, 0.6) is 5.88 Å². The summed E-state index contributed by atoms with van der Waals surface area (Å²) in [4.78, 5) is 12.9. The molecule has 3 aromatic rings. The molecular formula is C20H24IN5O2. The third-order valence-electron chi connectivity index (χ3n) is 3.98. The molecule has 148 valence electrons. The fourth-order valence-electron chi connectivity index (χ4n) is 2.43. The first-order valence-corrected chi connectivity index (χ1v) is 8.63. The SMILES string of the molecule is CN=C(NCc1ccc(OC)nc1)NCc1coc(-c2ccc(C)cc2)n1.I. The van der Waals surface area contributed by atoms with E-state index in [1.807, 2.05) is 36.4 Å². The van der Waals surface area contributed by atoms with Crippen LogP contribution < -0.4 is 15.4 Å². The maximum Gasteiger partial charge on any atom is 0.226 e. The molecule has 3 rings (SSSR count). The molecule has 0 aliphatic carbocycles. The highest BCUT2D eigenvalue weighted by Gasteiger charge is 2.07. The summed E-state index contributed by atoms with van der Waals surface area (Å²) in [6.07, 6.45) is 3.42. The third kappa shape index (κ3) is 5.95. The molecule has 28 heavy (non-hydrogen) atoms. The van der Waals surface area contributed by atoms with Gasteiger partial charge in [-0.3, -0.25) is 4.99 Å². The highest BCUT2D eigenvalue weighted by Crippen LogP contribution is 2.19. The Morgan fingerprint density at radius 1 is 1.11 bits per heavy atom. The molecule has 8 heteroatoms. The molecule has 0 bridgehead atoms. The molecule has 0 saturated carbocycles. The quantitative estimate of drug-likeness (QED) is 0.311. The summed E-state index contributed by atoms with van der Waals surface area (Å²) in [7, 11) is 3.32. The number of hydrogen-bond acceptors (Lipinski definition) is 5. The molecule has 0 aliphatic rings. The number of aliphatic imine (C=N–C) groups is 1. The van der Waals surface area contributed by atoms with E-state index in [9.17, 15) is 0 Å². The first kappa shape index (κ1) is 21.7. The van der Waals surface area contributed by atoms with Gasteiger partial charge < -0.3 is 19.8 Å². The van der Waals surface area contributed by atoms with E-state index in [-0.39, 0.29) is 24.0 Å². The Labute approximate surface area is 181 Å². The molecule has 0 radical (unpaired) electrons. The number of methoxy groups -OCH3 is 1. The number of nitrogens with one attached hydrogen (secondary N) is 2. The van der Waals surface area contributed by atoms with Crippen LogP contribution in [0.1, 0.15) is 16.8 Å². The van der Waals surface area contributed by atoms with E-state index in [0.29, 0.717) is 30.8 Å². The van der Waals surface area contributed by atoms with E-state index in [1.54, 1.807) is 26.6 Å². The van der Waals surface area contributed by atoms with Crippen molar-refractivity contribution in [2.24, 2.45) is 4.99 Å². The summed E-state index contributed by atoms with van der Waals surface area (Å²) in [6, 6.07) is 11.9. The monoisotopic (exact) mass is 493 g/mol. The number of benzene rings is 1. The standard InChI is InChI=1S/C20H23N5O2.HI/c1-14-4-7-16(8-5-14)19-25-17(13-27-19)12-24-20(21-2)23-11-15-6-9-18(26-3)22-10-15;/h4-10,13H,11-12H2,1-3H3,(H2,21,23,24);1H. The minimum atomic E-state index is 0. The summed E-state index contributed by atoms with van der Waals surface area (Å²) in [5.41, 5.74) is 4.00. The fourth-order valence-corrected chi connectivity index (χ4v) is 2.43. The Kier molecular flexibility index (Phi) is 8.24. The van der Waals surface area contributed by atoms with Gasteiger partial charge in [0.05, 0.1) is 19.3 Å². The zero-order valence-corrected chi connectivity index (χ0v) is 18.4. The molecule has 0 fully saturated rings.